The number of benzene rings is 2. The van der Waals surface area contributed by atoms with E-state index in [1.54, 1.807) is 29.2 Å². The lowest BCUT2D eigenvalue weighted by Gasteiger charge is -2.36. The standard InChI is InChI=1S/C28H26FN9O2S/c1-36-18-31-34-28(36)41-17-25(39)32-22-4-2-3-19(15-22)27-33-26(35-40-27)20-5-10-24(30-16-20)38-13-11-37(12-14-38)23-8-6-21(29)7-9-23/h2-10,15-16,18H,11-14,17H2,1H3,(H,32,39). The minimum atomic E-state index is -0.229. The Bertz CT molecular complexity index is 1630. The number of carbonyl (C=O) groups excluding carboxylic acids is 1. The Kier molecular flexibility index (Phi) is 7.58. The molecular weight excluding hydrogens is 545 g/mol. The van der Waals surface area contributed by atoms with E-state index in [2.05, 4.69) is 40.4 Å². The van der Waals surface area contributed by atoms with Crippen LogP contribution in [0.1, 0.15) is 0 Å². The van der Waals surface area contributed by atoms with Crippen LogP contribution in [-0.4, -0.2) is 67.7 Å². The number of amides is 1. The molecule has 0 spiro atoms. The maximum absolute atomic E-state index is 13.2. The monoisotopic (exact) mass is 571 g/mol. The predicted molar refractivity (Wildman–Crippen MR) is 154 cm³/mol. The Morgan fingerprint density at radius 1 is 1.02 bits per heavy atom. The number of pyridine rings is 1. The van der Waals surface area contributed by atoms with Gasteiger partial charge in [-0.15, -0.1) is 10.2 Å². The highest BCUT2D eigenvalue weighted by Crippen LogP contribution is 2.26. The Morgan fingerprint density at radius 2 is 1.83 bits per heavy atom. The summed E-state index contributed by atoms with van der Waals surface area (Å²) in [6.45, 7) is 3.26. The van der Waals surface area contributed by atoms with Crippen LogP contribution < -0.4 is 15.1 Å². The van der Waals surface area contributed by atoms with Crippen molar-refractivity contribution in [2.24, 2.45) is 7.05 Å². The van der Waals surface area contributed by atoms with Crippen LogP contribution in [-0.2, 0) is 11.8 Å². The van der Waals surface area contributed by atoms with E-state index in [1.807, 2.05) is 43.4 Å². The second-order valence-electron chi connectivity index (χ2n) is 9.42. The highest BCUT2D eigenvalue weighted by molar-refractivity contribution is 7.99. The van der Waals surface area contributed by atoms with Gasteiger partial charge < -0.3 is 24.2 Å². The fourth-order valence-electron chi connectivity index (χ4n) is 4.47. The van der Waals surface area contributed by atoms with Gasteiger partial charge in [-0.05, 0) is 54.6 Å². The second kappa shape index (κ2) is 11.8. The molecule has 1 saturated heterocycles. The van der Waals surface area contributed by atoms with Crippen LogP contribution in [0.25, 0.3) is 22.8 Å². The van der Waals surface area contributed by atoms with Crippen molar-refractivity contribution in [3.8, 4) is 22.8 Å². The van der Waals surface area contributed by atoms with E-state index >= 15 is 0 Å². The number of carbonyl (C=O) groups is 1. The molecule has 0 atom stereocenters. The molecule has 6 rings (SSSR count). The molecule has 1 amide bonds. The topological polar surface area (TPSA) is 118 Å². The zero-order valence-electron chi connectivity index (χ0n) is 22.1. The lowest BCUT2D eigenvalue weighted by atomic mass is 10.2. The number of aromatic nitrogens is 6. The van der Waals surface area contributed by atoms with Crippen LogP contribution in [0.3, 0.4) is 0 Å². The predicted octanol–water partition coefficient (Wildman–Crippen LogP) is 4.12. The van der Waals surface area contributed by atoms with Gasteiger partial charge in [0.25, 0.3) is 5.89 Å². The van der Waals surface area contributed by atoms with Crippen LogP contribution in [0, 0.1) is 5.82 Å². The highest BCUT2D eigenvalue weighted by atomic mass is 32.2. The molecule has 3 aromatic heterocycles. The summed E-state index contributed by atoms with van der Waals surface area (Å²) in [5, 5.41) is 15.5. The molecule has 11 nitrogen and oxygen atoms in total. The third-order valence-electron chi connectivity index (χ3n) is 6.62. The number of rotatable bonds is 8. The minimum absolute atomic E-state index is 0.163. The molecule has 1 aliphatic heterocycles. The van der Waals surface area contributed by atoms with E-state index in [0.717, 1.165) is 43.2 Å². The number of piperazine rings is 1. The van der Waals surface area contributed by atoms with Gasteiger partial charge in [0.05, 0.1) is 5.75 Å². The number of thioether (sulfide) groups is 1. The molecule has 0 radical (unpaired) electrons. The zero-order valence-corrected chi connectivity index (χ0v) is 23.0. The van der Waals surface area contributed by atoms with Crippen molar-refractivity contribution in [3.63, 3.8) is 0 Å². The highest BCUT2D eigenvalue weighted by Gasteiger charge is 2.19. The summed E-state index contributed by atoms with van der Waals surface area (Å²) < 4.78 is 20.5. The fraction of sp³-hybridized carbons (Fsp3) is 0.214. The van der Waals surface area contributed by atoms with Crippen LogP contribution in [0.15, 0.2) is 82.9 Å². The SMILES string of the molecule is Cn1cnnc1SCC(=O)Nc1cccc(-c2nc(-c3ccc(N4CCN(c5ccc(F)cc5)CC4)nc3)no2)c1. The van der Waals surface area contributed by atoms with Crippen molar-refractivity contribution >= 4 is 34.9 Å². The lowest BCUT2D eigenvalue weighted by Crippen LogP contribution is -2.46. The summed E-state index contributed by atoms with van der Waals surface area (Å²) in [4.78, 5) is 26.1. The van der Waals surface area contributed by atoms with Crippen LogP contribution in [0.2, 0.25) is 0 Å². The minimum Gasteiger partial charge on any atom is -0.368 e. The summed E-state index contributed by atoms with van der Waals surface area (Å²) in [5.41, 5.74) is 3.06. The number of anilines is 3. The van der Waals surface area contributed by atoms with Crippen LogP contribution in [0.4, 0.5) is 21.6 Å². The molecule has 0 bridgehead atoms. The lowest BCUT2D eigenvalue weighted by molar-refractivity contribution is -0.113. The third-order valence-corrected chi connectivity index (χ3v) is 7.66. The first-order chi connectivity index (χ1) is 20.0. The fourth-order valence-corrected chi connectivity index (χ4v) is 5.16. The summed E-state index contributed by atoms with van der Waals surface area (Å²) in [5.74, 6) is 1.45. The smallest absolute Gasteiger partial charge is 0.258 e. The molecule has 1 N–H and O–H groups in total. The maximum Gasteiger partial charge on any atom is 0.258 e. The Balaban J connectivity index is 1.06. The van der Waals surface area contributed by atoms with Gasteiger partial charge in [0.1, 0.15) is 18.0 Å². The van der Waals surface area contributed by atoms with E-state index < -0.39 is 0 Å². The summed E-state index contributed by atoms with van der Waals surface area (Å²) >= 11 is 1.31. The van der Waals surface area contributed by atoms with Gasteiger partial charge in [0.2, 0.25) is 11.7 Å². The van der Waals surface area contributed by atoms with E-state index in [4.69, 9.17) is 4.52 Å². The molecule has 13 heteroatoms. The van der Waals surface area contributed by atoms with Crippen molar-refractivity contribution < 1.29 is 13.7 Å². The first kappa shape index (κ1) is 26.4. The Morgan fingerprint density at radius 3 is 2.56 bits per heavy atom. The number of aryl methyl sites for hydroxylation is 1. The average Bonchev–Trinajstić information content (AvgIpc) is 3.66. The number of nitrogens with one attached hydrogen (secondary N) is 1. The molecule has 2 aromatic carbocycles. The molecule has 5 aromatic rings. The molecule has 4 heterocycles. The average molecular weight is 572 g/mol. The van der Waals surface area contributed by atoms with Gasteiger partial charge in [0.15, 0.2) is 5.16 Å². The van der Waals surface area contributed by atoms with E-state index in [1.165, 1.54) is 23.9 Å². The molecule has 208 valence electrons. The first-order valence-corrected chi connectivity index (χ1v) is 13.9. The number of hydrogen-bond donors (Lipinski definition) is 1. The van der Waals surface area contributed by atoms with Gasteiger partial charge in [-0.25, -0.2) is 9.37 Å². The van der Waals surface area contributed by atoms with Gasteiger partial charge in [-0.2, -0.15) is 4.98 Å². The molecule has 0 aliphatic carbocycles. The summed E-state index contributed by atoms with van der Waals surface area (Å²) in [7, 11) is 1.83. The zero-order chi connectivity index (χ0) is 28.2. The van der Waals surface area contributed by atoms with E-state index in [9.17, 15) is 9.18 Å². The molecule has 0 unspecified atom stereocenters. The van der Waals surface area contributed by atoms with Crippen molar-refractivity contribution in [1.82, 2.24) is 29.9 Å². The first-order valence-electron chi connectivity index (χ1n) is 12.9. The van der Waals surface area contributed by atoms with Crippen molar-refractivity contribution in [3.05, 3.63) is 79.0 Å². The van der Waals surface area contributed by atoms with Crippen LogP contribution >= 0.6 is 11.8 Å². The third kappa shape index (κ3) is 6.19. The maximum atomic E-state index is 13.2. The van der Waals surface area contributed by atoms with E-state index in [0.29, 0.717) is 28.1 Å². The molecule has 1 aliphatic rings. The van der Waals surface area contributed by atoms with Crippen molar-refractivity contribution in [2.75, 3.05) is 47.0 Å². The largest absolute Gasteiger partial charge is 0.368 e. The Hall–Kier alpha value is -4.78. The molecule has 1 fully saturated rings. The van der Waals surface area contributed by atoms with E-state index in [-0.39, 0.29) is 17.5 Å². The number of hydrogen-bond acceptors (Lipinski definition) is 10. The van der Waals surface area contributed by atoms with Gasteiger partial charge in [-0.3, -0.25) is 4.79 Å². The Labute approximate surface area is 239 Å². The van der Waals surface area contributed by atoms with Crippen molar-refractivity contribution in [2.45, 2.75) is 5.16 Å². The summed E-state index contributed by atoms with van der Waals surface area (Å²) in [6, 6.07) is 17.7. The van der Waals surface area contributed by atoms with Gasteiger partial charge >= 0.3 is 0 Å². The van der Waals surface area contributed by atoms with Gasteiger partial charge in [-0.1, -0.05) is 23.0 Å². The normalized spacial score (nSPS) is 13.4. The van der Waals surface area contributed by atoms with Gasteiger partial charge in [0, 0.05) is 61.9 Å². The number of halogens is 1. The summed E-state index contributed by atoms with van der Waals surface area (Å²) in [6.07, 6.45) is 3.33. The molecule has 41 heavy (non-hydrogen) atoms. The quantitative estimate of drug-likeness (QED) is 0.273. The molecule has 0 saturated carbocycles. The second-order valence-corrected chi connectivity index (χ2v) is 10.4. The number of nitrogens with zero attached hydrogens (tertiary/aromatic N) is 8. The van der Waals surface area contributed by atoms with Crippen LogP contribution in [0.5, 0.6) is 0 Å². The van der Waals surface area contributed by atoms with Crippen molar-refractivity contribution in [1.29, 1.82) is 0 Å². The molecular formula is C28H26FN9O2S.